The Kier molecular flexibility index (Phi) is 3.69. The topological polar surface area (TPSA) is 44.4 Å². The molecular weight excluding hydrogens is 202 g/mol. The Morgan fingerprint density at radius 2 is 2.25 bits per heavy atom. The lowest BCUT2D eigenvalue weighted by Crippen LogP contribution is -2.40. The Hall–Kier alpha value is -0.770. The summed E-state index contributed by atoms with van der Waals surface area (Å²) in [7, 11) is 0. The third kappa shape index (κ3) is 2.48. The monoisotopic (exact) mass is 225 g/mol. The van der Waals surface area contributed by atoms with Crippen molar-refractivity contribution in [2.24, 2.45) is 11.8 Å². The van der Waals surface area contributed by atoms with Crippen LogP contribution in [0, 0.1) is 11.8 Å². The van der Waals surface area contributed by atoms with Crippen LogP contribution in [0.3, 0.4) is 0 Å². The second kappa shape index (κ2) is 5.04. The molecule has 3 unspecified atom stereocenters. The summed E-state index contributed by atoms with van der Waals surface area (Å²) in [6.45, 7) is 8.09. The molecule has 2 rings (SSSR count). The van der Waals surface area contributed by atoms with Crippen molar-refractivity contribution in [3.63, 3.8) is 0 Å². The van der Waals surface area contributed by atoms with Crippen LogP contribution < -0.4 is 10.6 Å². The van der Waals surface area contributed by atoms with Gasteiger partial charge < -0.3 is 15.5 Å². The quantitative estimate of drug-likeness (QED) is 0.751. The maximum Gasteiger partial charge on any atom is 0.317 e. The van der Waals surface area contributed by atoms with Gasteiger partial charge in [-0.25, -0.2) is 4.79 Å². The van der Waals surface area contributed by atoms with E-state index in [1.54, 1.807) is 0 Å². The van der Waals surface area contributed by atoms with Crippen LogP contribution in [-0.2, 0) is 0 Å². The predicted octanol–water partition coefficient (Wildman–Crippen LogP) is 1.04. The first-order valence-corrected chi connectivity index (χ1v) is 6.44. The summed E-state index contributed by atoms with van der Waals surface area (Å²) in [6, 6.07) is 0.746. The molecule has 16 heavy (non-hydrogen) atoms. The predicted molar refractivity (Wildman–Crippen MR) is 64.3 cm³/mol. The first kappa shape index (κ1) is 11.7. The van der Waals surface area contributed by atoms with Gasteiger partial charge in [-0.05, 0) is 24.7 Å². The fraction of sp³-hybridized carbons (Fsp3) is 0.917. The molecule has 1 heterocycles. The highest BCUT2D eigenvalue weighted by Gasteiger charge is 2.29. The fourth-order valence-electron chi connectivity index (χ4n) is 2.76. The summed E-state index contributed by atoms with van der Waals surface area (Å²) in [5.41, 5.74) is 0. The van der Waals surface area contributed by atoms with Gasteiger partial charge in [0.25, 0.3) is 0 Å². The van der Waals surface area contributed by atoms with Crippen LogP contribution in [0.25, 0.3) is 0 Å². The highest BCUT2D eigenvalue weighted by atomic mass is 16.2. The van der Waals surface area contributed by atoms with Crippen molar-refractivity contribution in [3.8, 4) is 0 Å². The third-order valence-corrected chi connectivity index (χ3v) is 4.20. The zero-order chi connectivity index (χ0) is 11.5. The molecule has 4 heteroatoms. The average Bonchev–Trinajstić information content (AvgIpc) is 2.80. The second-order valence-electron chi connectivity index (χ2n) is 5.19. The number of nitrogens with one attached hydrogen (secondary N) is 2. The molecule has 0 aromatic carbocycles. The molecule has 4 nitrogen and oxygen atoms in total. The summed E-state index contributed by atoms with van der Waals surface area (Å²) in [6.07, 6.45) is 2.62. The van der Waals surface area contributed by atoms with E-state index in [0.717, 1.165) is 38.0 Å². The molecule has 2 N–H and O–H groups in total. The summed E-state index contributed by atoms with van der Waals surface area (Å²) in [5, 5.41) is 6.41. The molecular formula is C12H23N3O. The maximum absolute atomic E-state index is 11.3. The highest BCUT2D eigenvalue weighted by Crippen LogP contribution is 2.30. The average molecular weight is 225 g/mol. The van der Waals surface area contributed by atoms with Crippen LogP contribution in [0.15, 0.2) is 0 Å². The molecule has 0 bridgehead atoms. The Morgan fingerprint density at radius 3 is 2.81 bits per heavy atom. The lowest BCUT2D eigenvalue weighted by molar-refractivity contribution is 0.216. The van der Waals surface area contributed by atoms with Gasteiger partial charge in [-0.1, -0.05) is 13.8 Å². The normalized spacial score (nSPS) is 34.5. The van der Waals surface area contributed by atoms with Gasteiger partial charge in [0.15, 0.2) is 0 Å². The van der Waals surface area contributed by atoms with E-state index in [0.29, 0.717) is 6.04 Å². The number of carbonyl (C=O) groups is 1. The van der Waals surface area contributed by atoms with Crippen LogP contribution in [0.2, 0.25) is 0 Å². The molecule has 2 aliphatic rings. The Labute approximate surface area is 97.8 Å². The number of nitrogens with zero attached hydrogens (tertiary/aromatic N) is 1. The molecule has 92 valence electrons. The van der Waals surface area contributed by atoms with E-state index in [1.165, 1.54) is 12.8 Å². The van der Waals surface area contributed by atoms with E-state index in [-0.39, 0.29) is 6.03 Å². The Bertz CT molecular complexity index is 257. The van der Waals surface area contributed by atoms with Crippen molar-refractivity contribution in [1.29, 1.82) is 0 Å². The number of amides is 2. The van der Waals surface area contributed by atoms with Crippen molar-refractivity contribution in [3.05, 3.63) is 0 Å². The van der Waals surface area contributed by atoms with Crippen LogP contribution in [0.5, 0.6) is 0 Å². The molecule has 2 fully saturated rings. The van der Waals surface area contributed by atoms with E-state index in [2.05, 4.69) is 24.5 Å². The number of hydrogen-bond donors (Lipinski definition) is 2. The van der Waals surface area contributed by atoms with Crippen LogP contribution in [0.4, 0.5) is 4.79 Å². The summed E-state index contributed by atoms with van der Waals surface area (Å²) in [4.78, 5) is 13.2. The lowest BCUT2D eigenvalue weighted by atomic mass is 9.98. The molecule has 0 radical (unpaired) electrons. The molecule has 1 aliphatic carbocycles. The minimum absolute atomic E-state index is 0.0923. The summed E-state index contributed by atoms with van der Waals surface area (Å²) in [5.74, 6) is 1.61. The summed E-state index contributed by atoms with van der Waals surface area (Å²) >= 11 is 0. The standard InChI is InChI=1S/C12H23N3O/c1-9-3-4-11(10(9)2)13-5-7-15-8-6-14-12(15)16/h9-11,13H,3-8H2,1-2H3,(H,14,16). The lowest BCUT2D eigenvalue weighted by Gasteiger charge is -2.21. The third-order valence-electron chi connectivity index (χ3n) is 4.20. The van der Waals surface area contributed by atoms with Crippen molar-refractivity contribution in [2.45, 2.75) is 32.7 Å². The first-order chi connectivity index (χ1) is 7.68. The zero-order valence-electron chi connectivity index (χ0n) is 10.3. The molecule has 1 saturated carbocycles. The van der Waals surface area contributed by atoms with Gasteiger partial charge in [0.05, 0.1) is 0 Å². The Morgan fingerprint density at radius 1 is 1.44 bits per heavy atom. The number of rotatable bonds is 4. The van der Waals surface area contributed by atoms with Crippen molar-refractivity contribution in [2.75, 3.05) is 26.2 Å². The molecule has 0 aromatic heterocycles. The second-order valence-corrected chi connectivity index (χ2v) is 5.19. The zero-order valence-corrected chi connectivity index (χ0v) is 10.3. The molecule has 1 saturated heterocycles. The van der Waals surface area contributed by atoms with E-state index in [9.17, 15) is 4.79 Å². The Balaban J connectivity index is 1.66. The van der Waals surface area contributed by atoms with Gasteiger partial charge in [0, 0.05) is 32.2 Å². The molecule has 1 aliphatic heterocycles. The number of hydrogen-bond acceptors (Lipinski definition) is 2. The van der Waals surface area contributed by atoms with Gasteiger partial charge >= 0.3 is 6.03 Å². The van der Waals surface area contributed by atoms with Gasteiger partial charge in [-0.3, -0.25) is 0 Å². The fourth-order valence-corrected chi connectivity index (χ4v) is 2.76. The smallest absolute Gasteiger partial charge is 0.317 e. The maximum atomic E-state index is 11.3. The molecule has 3 atom stereocenters. The number of urea groups is 1. The van der Waals surface area contributed by atoms with E-state index in [4.69, 9.17) is 0 Å². The van der Waals surface area contributed by atoms with E-state index in [1.807, 2.05) is 4.90 Å². The first-order valence-electron chi connectivity index (χ1n) is 6.44. The largest absolute Gasteiger partial charge is 0.336 e. The molecule has 0 spiro atoms. The van der Waals surface area contributed by atoms with Crippen molar-refractivity contribution >= 4 is 6.03 Å². The SMILES string of the molecule is CC1CCC(NCCN2CCNC2=O)C1C. The van der Waals surface area contributed by atoms with E-state index < -0.39 is 0 Å². The minimum Gasteiger partial charge on any atom is -0.336 e. The van der Waals surface area contributed by atoms with Gasteiger partial charge in [0.1, 0.15) is 0 Å². The summed E-state index contributed by atoms with van der Waals surface area (Å²) < 4.78 is 0. The number of carbonyl (C=O) groups excluding carboxylic acids is 1. The van der Waals surface area contributed by atoms with Crippen LogP contribution in [-0.4, -0.2) is 43.2 Å². The minimum atomic E-state index is 0.0923. The van der Waals surface area contributed by atoms with Crippen LogP contribution in [0.1, 0.15) is 26.7 Å². The highest BCUT2D eigenvalue weighted by molar-refractivity contribution is 5.76. The molecule has 0 aromatic rings. The van der Waals surface area contributed by atoms with E-state index >= 15 is 0 Å². The van der Waals surface area contributed by atoms with Crippen molar-refractivity contribution in [1.82, 2.24) is 15.5 Å². The van der Waals surface area contributed by atoms with Gasteiger partial charge in [-0.15, -0.1) is 0 Å². The molecule has 2 amide bonds. The van der Waals surface area contributed by atoms with Crippen molar-refractivity contribution < 1.29 is 4.79 Å². The van der Waals surface area contributed by atoms with Crippen LogP contribution >= 0.6 is 0 Å². The van der Waals surface area contributed by atoms with Gasteiger partial charge in [0.2, 0.25) is 0 Å². The van der Waals surface area contributed by atoms with Gasteiger partial charge in [-0.2, -0.15) is 0 Å².